The monoisotopic (exact) mass is 413 g/mol. The zero-order chi connectivity index (χ0) is 21.6. The van der Waals surface area contributed by atoms with Crippen LogP contribution < -0.4 is 11.3 Å². The van der Waals surface area contributed by atoms with Crippen LogP contribution >= 0.6 is 23.8 Å². The highest BCUT2D eigenvalue weighted by Gasteiger charge is 2.57. The molecule has 1 aliphatic rings. The molecule has 0 aliphatic carbocycles. The zero-order valence-electron chi connectivity index (χ0n) is 15.7. The Bertz CT molecular complexity index is 883. The van der Waals surface area contributed by atoms with Gasteiger partial charge in [-0.3, -0.25) is 19.1 Å². The van der Waals surface area contributed by atoms with E-state index in [0.717, 1.165) is 10.8 Å². The first-order valence-electron chi connectivity index (χ1n) is 8.45. The fourth-order valence-corrected chi connectivity index (χ4v) is 2.51. The highest BCUT2D eigenvalue weighted by Crippen LogP contribution is 2.38. The average Bonchev–Trinajstić information content (AvgIpc) is 2.82. The van der Waals surface area contributed by atoms with Crippen molar-refractivity contribution in [3.8, 4) is 0 Å². The van der Waals surface area contributed by atoms with Crippen LogP contribution in [0, 0.1) is 10.7 Å². The number of carbonyl (C=O) groups is 1. The molecule has 146 valence electrons. The van der Waals surface area contributed by atoms with E-state index >= 15 is 4.39 Å². The lowest BCUT2D eigenvalue weighted by Gasteiger charge is -2.24. The third-order valence-corrected chi connectivity index (χ3v) is 4.35. The molecule has 1 aromatic rings. The van der Waals surface area contributed by atoms with E-state index in [1.165, 1.54) is 0 Å². The molecule has 2 rings (SSSR count). The summed E-state index contributed by atoms with van der Waals surface area (Å²) in [6.07, 6.45) is -5.39. The van der Waals surface area contributed by atoms with Gasteiger partial charge in [0.25, 0.3) is 11.4 Å². The number of nitrogens with two attached hydrogens (primary N) is 1. The molecular formula is C14H19ClFN3O6S. The topological polar surface area (TPSA) is 140 Å². The van der Waals surface area contributed by atoms with Crippen molar-refractivity contribution in [1.29, 1.82) is 0 Å². The molecule has 9 nitrogen and oxygen atoms in total. The highest BCUT2D eigenvalue weighted by atomic mass is 35.5. The molecule has 0 spiro atoms. The van der Waals surface area contributed by atoms with Crippen molar-refractivity contribution in [1.82, 2.24) is 9.55 Å². The number of halogens is 2. The minimum atomic E-state index is -3.68. The SMILES string of the molecule is [2H]C([2H])(OC(=O)[C@@H](N)C(C)C)[C@@]1(F)O[C@@H](n2cc(Cl)c(=O)[nH]c2=S)[C@H](O)[C@@H]1O. The van der Waals surface area contributed by atoms with Crippen molar-refractivity contribution in [2.24, 2.45) is 11.7 Å². The predicted molar refractivity (Wildman–Crippen MR) is 90.6 cm³/mol. The van der Waals surface area contributed by atoms with Crippen molar-refractivity contribution in [2.75, 3.05) is 6.56 Å². The maximum absolute atomic E-state index is 15.3. The molecule has 5 N–H and O–H groups in total. The summed E-state index contributed by atoms with van der Waals surface area (Å²) in [5, 5.41) is 19.9. The first-order valence-corrected chi connectivity index (χ1v) is 8.24. The molecule has 0 aromatic carbocycles. The third kappa shape index (κ3) is 3.97. The van der Waals surface area contributed by atoms with Gasteiger partial charge in [-0.15, -0.1) is 0 Å². The van der Waals surface area contributed by atoms with E-state index in [0.29, 0.717) is 0 Å². The molecule has 0 bridgehead atoms. The van der Waals surface area contributed by atoms with Gasteiger partial charge in [0.2, 0.25) is 0 Å². The molecule has 1 aliphatic heterocycles. The van der Waals surface area contributed by atoms with E-state index in [1.54, 1.807) is 13.8 Å². The Balaban J connectivity index is 2.38. The number of hydrogen-bond acceptors (Lipinski definition) is 8. The second-order valence-electron chi connectivity index (χ2n) is 6.03. The summed E-state index contributed by atoms with van der Waals surface area (Å²) in [5.41, 5.74) is 4.80. The summed E-state index contributed by atoms with van der Waals surface area (Å²) >= 11 is 10.6. The normalized spacial score (nSPS) is 31.5. The first-order chi connectivity index (χ1) is 12.7. The molecule has 26 heavy (non-hydrogen) atoms. The number of aromatic amines is 1. The van der Waals surface area contributed by atoms with Gasteiger partial charge in [-0.2, -0.15) is 0 Å². The highest BCUT2D eigenvalue weighted by molar-refractivity contribution is 7.71. The number of esters is 1. The molecule has 2 heterocycles. The maximum atomic E-state index is 15.3. The van der Waals surface area contributed by atoms with Crippen LogP contribution in [0.4, 0.5) is 4.39 Å². The van der Waals surface area contributed by atoms with Crippen molar-refractivity contribution in [2.45, 2.75) is 44.2 Å². The van der Waals surface area contributed by atoms with Crippen molar-refractivity contribution < 1.29 is 31.6 Å². The van der Waals surface area contributed by atoms with Crippen LogP contribution in [0.2, 0.25) is 5.02 Å². The van der Waals surface area contributed by atoms with Crippen LogP contribution in [0.5, 0.6) is 0 Å². The van der Waals surface area contributed by atoms with Crippen LogP contribution in [-0.2, 0) is 14.3 Å². The fraction of sp³-hybridized carbons (Fsp3) is 0.643. The number of aliphatic hydroxyl groups is 2. The standard InChI is InChI=1S/C14H19ClFN3O6S/c1-5(2)7(17)12(23)24-4-14(16)9(21)8(20)11(25-14)19-3-6(15)10(22)18-13(19)26/h3,5,7-9,11,20-21H,4,17H2,1-2H3,(H,18,22,26)/t7-,8+,9-,11+,14+/m0/s1/i4D2. The minimum Gasteiger partial charge on any atom is -0.458 e. The van der Waals surface area contributed by atoms with Crippen molar-refractivity contribution >= 4 is 29.8 Å². The lowest BCUT2D eigenvalue weighted by molar-refractivity contribution is -0.217. The lowest BCUT2D eigenvalue weighted by atomic mass is 10.1. The molecule has 1 aromatic heterocycles. The van der Waals surface area contributed by atoms with Gasteiger partial charge in [0.05, 0.1) is 2.74 Å². The summed E-state index contributed by atoms with van der Waals surface area (Å²) in [7, 11) is 0. The minimum absolute atomic E-state index is 0.339. The molecule has 1 fully saturated rings. The Kier molecular flexibility index (Phi) is 5.34. The van der Waals surface area contributed by atoms with E-state index < -0.39 is 54.3 Å². The number of alkyl halides is 1. The van der Waals surface area contributed by atoms with E-state index in [1.807, 2.05) is 0 Å². The molecule has 5 atom stereocenters. The smallest absolute Gasteiger partial charge is 0.323 e. The Hall–Kier alpha value is -1.37. The van der Waals surface area contributed by atoms with Gasteiger partial charge in [0.1, 0.15) is 23.3 Å². The van der Waals surface area contributed by atoms with Crippen LogP contribution in [-0.4, -0.2) is 56.4 Å². The maximum Gasteiger partial charge on any atom is 0.323 e. The Morgan fingerprint density at radius 1 is 1.69 bits per heavy atom. The van der Waals surface area contributed by atoms with E-state index in [9.17, 15) is 19.8 Å². The Morgan fingerprint density at radius 3 is 2.88 bits per heavy atom. The molecular weight excluding hydrogens is 393 g/mol. The summed E-state index contributed by atoms with van der Waals surface area (Å²) in [6.45, 7) is -0.399. The van der Waals surface area contributed by atoms with Gasteiger partial charge >= 0.3 is 5.97 Å². The van der Waals surface area contributed by atoms with Gasteiger partial charge in [0, 0.05) is 6.20 Å². The van der Waals surface area contributed by atoms with E-state index in [2.05, 4.69) is 9.72 Å². The number of H-pyrrole nitrogens is 1. The van der Waals surface area contributed by atoms with Crippen LogP contribution in [0.3, 0.4) is 0 Å². The van der Waals surface area contributed by atoms with Crippen LogP contribution in [0.15, 0.2) is 11.0 Å². The quantitative estimate of drug-likeness (QED) is 0.390. The zero-order valence-corrected chi connectivity index (χ0v) is 15.3. The molecule has 0 amide bonds. The average molecular weight is 414 g/mol. The number of aromatic nitrogens is 2. The Morgan fingerprint density at radius 2 is 2.31 bits per heavy atom. The number of nitrogens with one attached hydrogen (secondary N) is 1. The summed E-state index contributed by atoms with van der Waals surface area (Å²) in [4.78, 5) is 25.5. The van der Waals surface area contributed by atoms with Crippen molar-refractivity contribution in [3.63, 3.8) is 0 Å². The molecule has 0 unspecified atom stereocenters. The number of nitrogens with zero attached hydrogens (tertiary/aromatic N) is 1. The predicted octanol–water partition coefficient (Wildman–Crippen LogP) is 0.00219. The lowest BCUT2D eigenvalue weighted by Crippen LogP contribution is -2.46. The first kappa shape index (κ1) is 18.0. The number of rotatable bonds is 5. The van der Waals surface area contributed by atoms with Gasteiger partial charge in [0.15, 0.2) is 17.6 Å². The van der Waals surface area contributed by atoms with Gasteiger partial charge in [-0.1, -0.05) is 25.4 Å². The van der Waals surface area contributed by atoms with Crippen LogP contribution in [0.1, 0.15) is 22.8 Å². The number of hydrogen-bond donors (Lipinski definition) is 4. The van der Waals surface area contributed by atoms with Crippen LogP contribution in [0.25, 0.3) is 0 Å². The molecule has 0 saturated carbocycles. The second kappa shape index (κ2) is 7.71. The Labute approximate surface area is 160 Å². The van der Waals surface area contributed by atoms with E-state index in [-0.39, 0.29) is 9.79 Å². The molecule has 0 radical (unpaired) electrons. The van der Waals surface area contributed by atoms with E-state index in [4.69, 9.17) is 37.0 Å². The summed E-state index contributed by atoms with van der Waals surface area (Å²) < 4.78 is 40.7. The second-order valence-corrected chi connectivity index (χ2v) is 6.82. The van der Waals surface area contributed by atoms with Gasteiger partial charge in [-0.05, 0) is 18.1 Å². The summed E-state index contributed by atoms with van der Waals surface area (Å²) in [5.74, 6) is -5.39. The van der Waals surface area contributed by atoms with Gasteiger partial charge < -0.3 is 25.4 Å². The molecule has 1 saturated heterocycles. The fourth-order valence-electron chi connectivity index (χ4n) is 2.11. The number of carbonyl (C=O) groups excluding carboxylic acids is 1. The summed E-state index contributed by atoms with van der Waals surface area (Å²) in [6, 6.07) is -1.26. The third-order valence-electron chi connectivity index (χ3n) is 3.77. The number of aliphatic hydroxyl groups excluding tert-OH is 2. The van der Waals surface area contributed by atoms with Gasteiger partial charge in [-0.25, -0.2) is 4.39 Å². The largest absolute Gasteiger partial charge is 0.458 e. The molecule has 12 heteroatoms. The van der Waals surface area contributed by atoms with Crippen molar-refractivity contribution in [3.05, 3.63) is 26.3 Å². The number of ether oxygens (including phenoxy) is 2.